The first kappa shape index (κ1) is 14.3. The van der Waals surface area contributed by atoms with Gasteiger partial charge in [0.15, 0.2) is 0 Å². The molecule has 0 saturated heterocycles. The summed E-state index contributed by atoms with van der Waals surface area (Å²) in [5.74, 6) is 0. The fourth-order valence-corrected chi connectivity index (χ4v) is 2.01. The predicted octanol–water partition coefficient (Wildman–Crippen LogP) is 4.84. The lowest BCUT2D eigenvalue weighted by molar-refractivity contribution is 0.360. The zero-order valence-electron chi connectivity index (χ0n) is 13.1. The quantitative estimate of drug-likeness (QED) is 0.606. The van der Waals surface area contributed by atoms with Gasteiger partial charge in [0.1, 0.15) is 0 Å². The van der Waals surface area contributed by atoms with Crippen LogP contribution in [0.5, 0.6) is 0 Å². The van der Waals surface area contributed by atoms with E-state index in [9.17, 15) is 0 Å². The first-order valence-corrected chi connectivity index (χ1v) is 6.57. The summed E-state index contributed by atoms with van der Waals surface area (Å²) >= 11 is 0. The largest absolute Gasteiger partial charge is 0.345 e. The monoisotopic (exact) mass is 235 g/mol. The Balaban J connectivity index is 3.44. The number of nitrogens with zero attached hydrogens (tertiary/aromatic N) is 1. The van der Waals surface area contributed by atoms with Crippen molar-refractivity contribution >= 4 is 0 Å². The Morgan fingerprint density at radius 1 is 0.765 bits per heavy atom. The first-order valence-electron chi connectivity index (χ1n) is 6.57. The minimum absolute atomic E-state index is 0.145. The van der Waals surface area contributed by atoms with Gasteiger partial charge in [-0.3, -0.25) is 0 Å². The molecule has 0 amide bonds. The highest BCUT2D eigenvalue weighted by molar-refractivity contribution is 5.30. The van der Waals surface area contributed by atoms with Crippen molar-refractivity contribution in [3.05, 3.63) is 23.5 Å². The molecule has 0 aliphatic rings. The summed E-state index contributed by atoms with van der Waals surface area (Å²) in [5, 5.41) is 0. The van der Waals surface area contributed by atoms with Gasteiger partial charge in [-0.25, -0.2) is 0 Å². The van der Waals surface area contributed by atoms with Crippen LogP contribution in [0.3, 0.4) is 0 Å². The minimum Gasteiger partial charge on any atom is -0.345 e. The van der Waals surface area contributed by atoms with Crippen molar-refractivity contribution in [2.45, 2.75) is 78.7 Å². The maximum Gasteiger partial charge on any atom is 0.0358 e. The molecule has 0 aliphatic heterocycles. The smallest absolute Gasteiger partial charge is 0.0358 e. The molecule has 1 aromatic rings. The molecule has 0 saturated carbocycles. The summed E-state index contributed by atoms with van der Waals surface area (Å²) in [6.45, 7) is 20.5. The molecule has 0 unspecified atom stereocenters. The van der Waals surface area contributed by atoms with E-state index in [-0.39, 0.29) is 16.4 Å². The van der Waals surface area contributed by atoms with Crippen LogP contribution in [0, 0.1) is 0 Å². The molecule has 1 heterocycles. The van der Waals surface area contributed by atoms with Gasteiger partial charge in [0.25, 0.3) is 0 Å². The van der Waals surface area contributed by atoms with E-state index in [4.69, 9.17) is 0 Å². The Hall–Kier alpha value is -0.720. The van der Waals surface area contributed by atoms with E-state index < -0.39 is 0 Å². The molecule has 0 atom stereocenters. The Labute approximate surface area is 107 Å². The molecule has 0 fully saturated rings. The highest BCUT2D eigenvalue weighted by Gasteiger charge is 2.28. The van der Waals surface area contributed by atoms with E-state index in [1.165, 1.54) is 11.3 Å². The minimum atomic E-state index is 0.145. The van der Waals surface area contributed by atoms with Gasteiger partial charge in [0.2, 0.25) is 0 Å². The lowest BCUT2D eigenvalue weighted by atomic mass is 9.86. The van der Waals surface area contributed by atoms with Crippen LogP contribution in [0.15, 0.2) is 12.3 Å². The summed E-state index contributed by atoms with van der Waals surface area (Å²) in [7, 11) is 0. The molecule has 0 aromatic carbocycles. The second kappa shape index (κ2) is 3.90. The number of hydrogen-bond donors (Lipinski definition) is 0. The Morgan fingerprint density at radius 3 is 1.47 bits per heavy atom. The molecule has 0 N–H and O–H groups in total. The molecule has 0 radical (unpaired) electrons. The second-order valence-electron chi connectivity index (χ2n) is 8.15. The van der Waals surface area contributed by atoms with Crippen LogP contribution < -0.4 is 0 Å². The molecule has 1 aromatic heterocycles. The van der Waals surface area contributed by atoms with Gasteiger partial charge >= 0.3 is 0 Å². The Kier molecular flexibility index (Phi) is 3.29. The van der Waals surface area contributed by atoms with E-state index >= 15 is 0 Å². The van der Waals surface area contributed by atoms with Crippen molar-refractivity contribution < 1.29 is 0 Å². The van der Waals surface area contributed by atoms with Gasteiger partial charge in [-0.05, 0) is 37.8 Å². The standard InChI is InChI=1S/C16H29N/c1-14(2,3)12-10-13(15(4,5)6)17(11-12)16(7,8)9/h10-11H,1-9H3. The summed E-state index contributed by atoms with van der Waals surface area (Å²) in [6.07, 6.45) is 2.33. The van der Waals surface area contributed by atoms with Crippen molar-refractivity contribution in [1.82, 2.24) is 4.57 Å². The van der Waals surface area contributed by atoms with E-state index in [2.05, 4.69) is 79.1 Å². The molecular weight excluding hydrogens is 206 g/mol. The van der Waals surface area contributed by atoms with E-state index in [1.54, 1.807) is 0 Å². The van der Waals surface area contributed by atoms with Crippen LogP contribution in [0.25, 0.3) is 0 Å². The highest BCUT2D eigenvalue weighted by Crippen LogP contribution is 2.34. The van der Waals surface area contributed by atoms with Crippen molar-refractivity contribution in [3.63, 3.8) is 0 Å². The Bertz CT molecular complexity index is 357. The lowest BCUT2D eigenvalue weighted by Crippen LogP contribution is -2.28. The predicted molar refractivity (Wildman–Crippen MR) is 76.8 cm³/mol. The SMILES string of the molecule is CC(C)(C)c1cc(C(C)(C)C)n(C(C)(C)C)c1. The van der Waals surface area contributed by atoms with Crippen molar-refractivity contribution in [3.8, 4) is 0 Å². The fourth-order valence-electron chi connectivity index (χ4n) is 2.01. The molecule has 1 heteroatoms. The number of rotatable bonds is 0. The summed E-state index contributed by atoms with van der Waals surface area (Å²) in [6, 6.07) is 2.38. The maximum absolute atomic E-state index is 2.44. The molecule has 17 heavy (non-hydrogen) atoms. The van der Waals surface area contributed by atoms with E-state index in [0.717, 1.165) is 0 Å². The molecule has 98 valence electrons. The molecule has 1 rings (SSSR count). The summed E-state index contributed by atoms with van der Waals surface area (Å²) < 4.78 is 2.44. The molecular formula is C16H29N. The van der Waals surface area contributed by atoms with Gasteiger partial charge in [-0.2, -0.15) is 0 Å². The van der Waals surface area contributed by atoms with Gasteiger partial charge in [0, 0.05) is 22.8 Å². The van der Waals surface area contributed by atoms with Crippen LogP contribution in [-0.4, -0.2) is 4.57 Å². The highest BCUT2D eigenvalue weighted by atomic mass is 15.0. The topological polar surface area (TPSA) is 4.93 Å². The van der Waals surface area contributed by atoms with Crippen LogP contribution >= 0.6 is 0 Å². The zero-order chi connectivity index (χ0) is 13.6. The van der Waals surface area contributed by atoms with Crippen LogP contribution in [0.4, 0.5) is 0 Å². The second-order valence-corrected chi connectivity index (χ2v) is 8.15. The van der Waals surface area contributed by atoms with E-state index in [0.29, 0.717) is 0 Å². The average molecular weight is 235 g/mol. The van der Waals surface area contributed by atoms with Crippen molar-refractivity contribution in [2.24, 2.45) is 0 Å². The average Bonchev–Trinajstić information content (AvgIpc) is 2.42. The van der Waals surface area contributed by atoms with Gasteiger partial charge in [-0.1, -0.05) is 41.5 Å². The summed E-state index contributed by atoms with van der Waals surface area (Å²) in [4.78, 5) is 0. The maximum atomic E-state index is 2.44. The Morgan fingerprint density at radius 2 is 1.24 bits per heavy atom. The van der Waals surface area contributed by atoms with Gasteiger partial charge < -0.3 is 4.57 Å². The zero-order valence-corrected chi connectivity index (χ0v) is 13.1. The molecule has 0 bridgehead atoms. The number of hydrogen-bond acceptors (Lipinski definition) is 0. The van der Waals surface area contributed by atoms with Crippen LogP contribution in [0.1, 0.15) is 73.6 Å². The third-order valence-corrected chi connectivity index (χ3v) is 3.18. The summed E-state index contributed by atoms with van der Waals surface area (Å²) in [5.41, 5.74) is 3.41. The van der Waals surface area contributed by atoms with Crippen molar-refractivity contribution in [2.75, 3.05) is 0 Å². The number of aromatic nitrogens is 1. The lowest BCUT2D eigenvalue weighted by Gasteiger charge is -2.30. The van der Waals surface area contributed by atoms with Crippen LogP contribution in [-0.2, 0) is 16.4 Å². The third kappa shape index (κ3) is 3.14. The van der Waals surface area contributed by atoms with Gasteiger partial charge in [0.05, 0.1) is 0 Å². The molecule has 1 nitrogen and oxygen atoms in total. The normalized spacial score (nSPS) is 14.2. The van der Waals surface area contributed by atoms with E-state index in [1.807, 2.05) is 0 Å². The fraction of sp³-hybridized carbons (Fsp3) is 0.750. The van der Waals surface area contributed by atoms with Crippen LogP contribution in [0.2, 0.25) is 0 Å². The third-order valence-electron chi connectivity index (χ3n) is 3.18. The van der Waals surface area contributed by atoms with Crippen molar-refractivity contribution in [1.29, 1.82) is 0 Å². The van der Waals surface area contributed by atoms with Gasteiger partial charge in [-0.15, -0.1) is 0 Å². The first-order chi connectivity index (χ1) is 7.33. The molecule has 0 aliphatic carbocycles. The molecule has 0 spiro atoms.